The smallest absolute Gasteiger partial charge is 0.256 e. The molecule has 124 valence electrons. The summed E-state index contributed by atoms with van der Waals surface area (Å²) in [6, 6.07) is 0. The van der Waals surface area contributed by atoms with Crippen LogP contribution in [0.15, 0.2) is 11.1 Å². The molecule has 5 nitrogen and oxygen atoms in total. The van der Waals surface area contributed by atoms with Gasteiger partial charge in [-0.15, -0.1) is 0 Å². The van der Waals surface area contributed by atoms with Gasteiger partial charge in [0.2, 0.25) is 5.91 Å². The third-order valence-corrected chi connectivity index (χ3v) is 6.01. The molecule has 0 saturated heterocycles. The zero-order chi connectivity index (χ0) is 16.0. The van der Waals surface area contributed by atoms with Crippen molar-refractivity contribution in [3.8, 4) is 0 Å². The topological polar surface area (TPSA) is 55.2 Å². The molecule has 23 heavy (non-hydrogen) atoms. The Kier molecular flexibility index (Phi) is 3.74. The number of aromatic nitrogens is 2. The highest BCUT2D eigenvalue weighted by atomic mass is 16.2. The van der Waals surface area contributed by atoms with E-state index < -0.39 is 0 Å². The van der Waals surface area contributed by atoms with Crippen LogP contribution in [0.4, 0.5) is 0 Å². The molecule has 0 bridgehead atoms. The van der Waals surface area contributed by atoms with Crippen LogP contribution in [-0.4, -0.2) is 26.9 Å². The number of carbonyl (C=O) groups excluding carboxylic acids is 1. The van der Waals surface area contributed by atoms with Crippen molar-refractivity contribution in [2.45, 2.75) is 51.5 Å². The van der Waals surface area contributed by atoms with Crippen LogP contribution in [0.25, 0.3) is 0 Å². The van der Waals surface area contributed by atoms with Crippen LogP contribution in [-0.2, 0) is 24.8 Å². The van der Waals surface area contributed by atoms with E-state index >= 15 is 0 Å². The van der Waals surface area contributed by atoms with Crippen molar-refractivity contribution in [2.24, 2.45) is 24.8 Å². The SMILES string of the molecule is Cn1cnc2c(c1=O)CCN(C(=O)[C@H]1C[C@@H]1C1CCCCC1)C2. The van der Waals surface area contributed by atoms with Gasteiger partial charge in [-0.05, 0) is 24.7 Å². The summed E-state index contributed by atoms with van der Waals surface area (Å²) in [7, 11) is 1.73. The first kappa shape index (κ1) is 14.9. The number of hydrogen-bond donors (Lipinski definition) is 0. The second-order valence-corrected chi connectivity index (χ2v) is 7.50. The van der Waals surface area contributed by atoms with Crippen LogP contribution in [0.2, 0.25) is 0 Å². The molecular formula is C18H25N3O2. The molecule has 2 aliphatic carbocycles. The Morgan fingerprint density at radius 2 is 2.04 bits per heavy atom. The molecular weight excluding hydrogens is 290 g/mol. The lowest BCUT2D eigenvalue weighted by molar-refractivity contribution is -0.134. The molecule has 0 spiro atoms. The lowest BCUT2D eigenvalue weighted by atomic mass is 9.85. The number of aryl methyl sites for hydroxylation is 1. The number of amides is 1. The highest BCUT2D eigenvalue weighted by molar-refractivity contribution is 5.82. The average molecular weight is 315 g/mol. The summed E-state index contributed by atoms with van der Waals surface area (Å²) in [6.07, 6.45) is 9.96. The van der Waals surface area contributed by atoms with Crippen LogP contribution in [0.5, 0.6) is 0 Å². The monoisotopic (exact) mass is 315 g/mol. The normalized spacial score (nSPS) is 27.6. The number of fused-ring (bicyclic) bond motifs is 1. The van der Waals surface area contributed by atoms with E-state index in [1.165, 1.54) is 36.7 Å². The van der Waals surface area contributed by atoms with E-state index in [1.54, 1.807) is 13.4 Å². The second kappa shape index (κ2) is 5.77. The van der Waals surface area contributed by atoms with E-state index in [4.69, 9.17) is 0 Å². The standard InChI is InChI=1S/C18H25N3O2/c1-20-11-19-16-10-21(8-7-13(16)17(20)22)18(23)15-9-14(15)12-5-3-2-4-6-12/h11-12,14-15H,2-10H2,1H3/t14-,15+/m1/s1. The minimum Gasteiger partial charge on any atom is -0.336 e. The molecule has 3 aliphatic rings. The molecule has 0 unspecified atom stereocenters. The van der Waals surface area contributed by atoms with Crippen LogP contribution in [0.1, 0.15) is 49.8 Å². The average Bonchev–Trinajstić information content (AvgIpc) is 3.39. The first-order valence-electron chi connectivity index (χ1n) is 8.97. The predicted octanol–water partition coefficient (Wildman–Crippen LogP) is 1.88. The lowest BCUT2D eigenvalue weighted by Gasteiger charge is -2.29. The zero-order valence-electron chi connectivity index (χ0n) is 13.8. The Morgan fingerprint density at radius 1 is 1.26 bits per heavy atom. The molecule has 1 aromatic rings. The summed E-state index contributed by atoms with van der Waals surface area (Å²) < 4.78 is 1.52. The maximum Gasteiger partial charge on any atom is 0.256 e. The number of nitrogens with zero attached hydrogens (tertiary/aromatic N) is 3. The van der Waals surface area contributed by atoms with E-state index in [-0.39, 0.29) is 11.5 Å². The summed E-state index contributed by atoms with van der Waals surface area (Å²) in [5.41, 5.74) is 1.62. The van der Waals surface area contributed by atoms with E-state index in [2.05, 4.69) is 4.98 Å². The quantitative estimate of drug-likeness (QED) is 0.837. The van der Waals surface area contributed by atoms with E-state index in [0.717, 1.165) is 23.6 Å². The maximum absolute atomic E-state index is 12.8. The third-order valence-electron chi connectivity index (χ3n) is 6.01. The van der Waals surface area contributed by atoms with Gasteiger partial charge < -0.3 is 9.47 Å². The Morgan fingerprint density at radius 3 is 2.83 bits per heavy atom. The van der Waals surface area contributed by atoms with Gasteiger partial charge in [-0.1, -0.05) is 32.1 Å². The van der Waals surface area contributed by atoms with Crippen molar-refractivity contribution in [2.75, 3.05) is 6.54 Å². The molecule has 1 aromatic heterocycles. The predicted molar refractivity (Wildman–Crippen MR) is 86.8 cm³/mol. The molecule has 2 saturated carbocycles. The van der Waals surface area contributed by atoms with Gasteiger partial charge in [0, 0.05) is 25.1 Å². The molecule has 5 heteroatoms. The van der Waals surface area contributed by atoms with Gasteiger partial charge in [0.05, 0.1) is 18.6 Å². The van der Waals surface area contributed by atoms with Gasteiger partial charge in [0.25, 0.3) is 5.56 Å². The molecule has 1 aliphatic heterocycles. The number of rotatable bonds is 2. The molecule has 2 heterocycles. The minimum absolute atomic E-state index is 0.0357. The lowest BCUT2D eigenvalue weighted by Crippen LogP contribution is -2.41. The molecule has 0 aromatic carbocycles. The second-order valence-electron chi connectivity index (χ2n) is 7.50. The van der Waals surface area contributed by atoms with Gasteiger partial charge in [0.1, 0.15) is 0 Å². The fraction of sp³-hybridized carbons (Fsp3) is 0.722. The van der Waals surface area contributed by atoms with E-state index in [9.17, 15) is 9.59 Å². The van der Waals surface area contributed by atoms with E-state index in [1.807, 2.05) is 4.90 Å². The van der Waals surface area contributed by atoms with Gasteiger partial charge in [-0.2, -0.15) is 0 Å². The van der Waals surface area contributed by atoms with E-state index in [0.29, 0.717) is 31.3 Å². The number of hydrogen-bond acceptors (Lipinski definition) is 3. The zero-order valence-corrected chi connectivity index (χ0v) is 13.8. The summed E-state index contributed by atoms with van der Waals surface area (Å²) in [4.78, 5) is 31.2. The van der Waals surface area contributed by atoms with Crippen molar-refractivity contribution >= 4 is 5.91 Å². The molecule has 0 N–H and O–H groups in total. The number of carbonyl (C=O) groups is 1. The van der Waals surface area contributed by atoms with Crippen molar-refractivity contribution in [1.82, 2.24) is 14.5 Å². The van der Waals surface area contributed by atoms with Gasteiger partial charge in [0.15, 0.2) is 0 Å². The third kappa shape index (κ3) is 2.70. The summed E-state index contributed by atoms with van der Waals surface area (Å²) in [5.74, 6) is 1.95. The van der Waals surface area contributed by atoms with Gasteiger partial charge in [-0.3, -0.25) is 9.59 Å². The molecule has 1 amide bonds. The fourth-order valence-corrected chi connectivity index (χ4v) is 4.52. The van der Waals surface area contributed by atoms with Crippen LogP contribution >= 0.6 is 0 Å². The Balaban J connectivity index is 1.43. The summed E-state index contributed by atoms with van der Waals surface area (Å²) in [6.45, 7) is 1.18. The van der Waals surface area contributed by atoms with Crippen molar-refractivity contribution in [1.29, 1.82) is 0 Å². The highest BCUT2D eigenvalue weighted by Crippen LogP contribution is 2.50. The summed E-state index contributed by atoms with van der Waals surface area (Å²) >= 11 is 0. The first-order valence-corrected chi connectivity index (χ1v) is 8.97. The first-order chi connectivity index (χ1) is 11.1. The van der Waals surface area contributed by atoms with Crippen molar-refractivity contribution in [3.05, 3.63) is 27.9 Å². The van der Waals surface area contributed by atoms with Gasteiger partial charge >= 0.3 is 0 Å². The van der Waals surface area contributed by atoms with Crippen LogP contribution in [0.3, 0.4) is 0 Å². The fourth-order valence-electron chi connectivity index (χ4n) is 4.52. The Labute approximate surface area is 136 Å². The largest absolute Gasteiger partial charge is 0.336 e. The minimum atomic E-state index is 0.0357. The molecule has 4 rings (SSSR count). The van der Waals surface area contributed by atoms with Gasteiger partial charge in [-0.25, -0.2) is 4.98 Å². The molecule has 2 atom stereocenters. The Bertz CT molecular complexity index is 675. The maximum atomic E-state index is 12.8. The van der Waals surface area contributed by atoms with Crippen molar-refractivity contribution < 1.29 is 4.79 Å². The van der Waals surface area contributed by atoms with Crippen LogP contribution in [0, 0.1) is 17.8 Å². The van der Waals surface area contributed by atoms with Crippen molar-refractivity contribution in [3.63, 3.8) is 0 Å². The molecule has 2 fully saturated rings. The highest BCUT2D eigenvalue weighted by Gasteiger charge is 2.49. The molecule has 0 radical (unpaired) electrons. The van der Waals surface area contributed by atoms with Crippen LogP contribution < -0.4 is 5.56 Å². The summed E-state index contributed by atoms with van der Waals surface area (Å²) in [5, 5.41) is 0. The Hall–Kier alpha value is -1.65.